The summed E-state index contributed by atoms with van der Waals surface area (Å²) in [6.07, 6.45) is 0. The number of benzene rings is 1. The van der Waals surface area contributed by atoms with Crippen LogP contribution in [0.4, 0.5) is 5.69 Å². The van der Waals surface area contributed by atoms with Crippen molar-refractivity contribution in [2.24, 2.45) is 9.98 Å². The minimum Gasteiger partial charge on any atom is -0.293 e. The van der Waals surface area contributed by atoms with Gasteiger partial charge in [-0.2, -0.15) is 0 Å². The molecule has 13 heavy (non-hydrogen) atoms. The Hall–Kier alpha value is -1.44. The van der Waals surface area contributed by atoms with Crippen LogP contribution in [0.5, 0.6) is 0 Å². The molecule has 0 aliphatic rings. The number of nitrogens with zero attached hydrogens (tertiary/aromatic N) is 2. The summed E-state index contributed by atoms with van der Waals surface area (Å²) in [5.41, 5.74) is 3.15. The van der Waals surface area contributed by atoms with Crippen LogP contribution in [0.3, 0.4) is 0 Å². The lowest BCUT2D eigenvalue weighted by Crippen LogP contribution is -1.90. The highest BCUT2D eigenvalue weighted by atomic mass is 14.8. The third kappa shape index (κ3) is 1.83. The molecule has 68 valence electrons. The van der Waals surface area contributed by atoms with E-state index in [9.17, 15) is 0 Å². The molecule has 0 fully saturated rings. The van der Waals surface area contributed by atoms with Gasteiger partial charge in [0.05, 0.1) is 11.7 Å². The Labute approximate surface area is 79.0 Å². The van der Waals surface area contributed by atoms with Crippen LogP contribution in [0.1, 0.15) is 24.1 Å². The maximum atomic E-state index is 4.00. The second kappa shape index (κ2) is 3.99. The first-order chi connectivity index (χ1) is 6.20. The second-order valence-corrected chi connectivity index (χ2v) is 3.03. The van der Waals surface area contributed by atoms with Crippen molar-refractivity contribution in [1.82, 2.24) is 0 Å². The SMILES string of the molecule is C=Nc1c(C)cccc1C(C)N=C. The maximum absolute atomic E-state index is 4.00. The van der Waals surface area contributed by atoms with Gasteiger partial charge in [-0.05, 0) is 32.8 Å². The largest absolute Gasteiger partial charge is 0.293 e. The third-order valence-electron chi connectivity index (χ3n) is 2.15. The second-order valence-electron chi connectivity index (χ2n) is 3.03. The highest BCUT2D eigenvalue weighted by molar-refractivity contribution is 5.58. The number of aliphatic imine (C=N–C) groups is 2. The van der Waals surface area contributed by atoms with Crippen LogP contribution in [0.2, 0.25) is 0 Å². The summed E-state index contributed by atoms with van der Waals surface area (Å²) in [7, 11) is 0. The van der Waals surface area contributed by atoms with Gasteiger partial charge in [0.2, 0.25) is 0 Å². The van der Waals surface area contributed by atoms with Crippen LogP contribution in [0, 0.1) is 6.92 Å². The van der Waals surface area contributed by atoms with E-state index in [-0.39, 0.29) is 6.04 Å². The average Bonchev–Trinajstić information content (AvgIpc) is 2.16. The van der Waals surface area contributed by atoms with Gasteiger partial charge >= 0.3 is 0 Å². The summed E-state index contributed by atoms with van der Waals surface area (Å²) in [5.74, 6) is 0. The molecule has 1 atom stereocenters. The zero-order chi connectivity index (χ0) is 9.84. The molecule has 0 aromatic heterocycles. The monoisotopic (exact) mass is 174 g/mol. The van der Waals surface area contributed by atoms with Crippen LogP contribution < -0.4 is 0 Å². The van der Waals surface area contributed by atoms with Gasteiger partial charge in [-0.3, -0.25) is 9.98 Å². The van der Waals surface area contributed by atoms with Crippen molar-refractivity contribution in [3.8, 4) is 0 Å². The number of aryl methyl sites for hydroxylation is 1. The van der Waals surface area contributed by atoms with Crippen molar-refractivity contribution in [1.29, 1.82) is 0 Å². The first-order valence-electron chi connectivity index (χ1n) is 4.22. The van der Waals surface area contributed by atoms with Gasteiger partial charge in [0.1, 0.15) is 0 Å². The summed E-state index contributed by atoms with van der Waals surface area (Å²) < 4.78 is 0. The van der Waals surface area contributed by atoms with E-state index in [1.54, 1.807) is 0 Å². The van der Waals surface area contributed by atoms with Crippen LogP contribution >= 0.6 is 0 Å². The van der Waals surface area contributed by atoms with E-state index < -0.39 is 0 Å². The fourth-order valence-electron chi connectivity index (χ4n) is 1.33. The number of para-hydroxylation sites is 1. The van der Waals surface area contributed by atoms with Crippen LogP contribution in [0.15, 0.2) is 28.2 Å². The molecule has 0 saturated carbocycles. The van der Waals surface area contributed by atoms with Gasteiger partial charge in [0, 0.05) is 5.56 Å². The lowest BCUT2D eigenvalue weighted by Gasteiger charge is -2.10. The van der Waals surface area contributed by atoms with Gasteiger partial charge in [-0.1, -0.05) is 18.2 Å². The molecule has 1 aromatic rings. The average molecular weight is 174 g/mol. The molecule has 2 nitrogen and oxygen atoms in total. The molecule has 2 heteroatoms. The van der Waals surface area contributed by atoms with Crippen molar-refractivity contribution < 1.29 is 0 Å². The van der Waals surface area contributed by atoms with Crippen molar-refractivity contribution in [2.75, 3.05) is 0 Å². The Morgan fingerprint density at radius 2 is 2.00 bits per heavy atom. The Morgan fingerprint density at radius 3 is 2.54 bits per heavy atom. The minimum atomic E-state index is 0.0837. The smallest absolute Gasteiger partial charge is 0.0734 e. The fraction of sp³-hybridized carbons (Fsp3) is 0.273. The fourth-order valence-corrected chi connectivity index (χ4v) is 1.33. The van der Waals surface area contributed by atoms with Crippen molar-refractivity contribution in [3.63, 3.8) is 0 Å². The molecule has 0 amide bonds. The van der Waals surface area contributed by atoms with Crippen LogP contribution in [0.25, 0.3) is 0 Å². The minimum absolute atomic E-state index is 0.0837. The maximum Gasteiger partial charge on any atom is 0.0734 e. The number of rotatable bonds is 3. The van der Waals surface area contributed by atoms with E-state index >= 15 is 0 Å². The van der Waals surface area contributed by atoms with Gasteiger partial charge in [0.15, 0.2) is 0 Å². The Kier molecular flexibility index (Phi) is 2.96. The zero-order valence-corrected chi connectivity index (χ0v) is 8.12. The van der Waals surface area contributed by atoms with E-state index in [0.29, 0.717) is 0 Å². The molecule has 1 unspecified atom stereocenters. The highest BCUT2D eigenvalue weighted by Gasteiger charge is 2.08. The lowest BCUT2D eigenvalue weighted by atomic mass is 10.0. The Bertz CT molecular complexity index is 329. The summed E-state index contributed by atoms with van der Waals surface area (Å²) in [4.78, 5) is 7.97. The summed E-state index contributed by atoms with van der Waals surface area (Å²) >= 11 is 0. The summed E-state index contributed by atoms with van der Waals surface area (Å²) in [6.45, 7) is 11.1. The molecule has 0 N–H and O–H groups in total. The van der Waals surface area contributed by atoms with Gasteiger partial charge in [-0.25, -0.2) is 0 Å². The van der Waals surface area contributed by atoms with Crippen LogP contribution in [-0.4, -0.2) is 13.4 Å². The summed E-state index contributed by atoms with van der Waals surface area (Å²) in [6, 6.07) is 6.11. The molecule has 0 heterocycles. The predicted octanol–water partition coefficient (Wildman–Crippen LogP) is 3.09. The molecular weight excluding hydrogens is 160 g/mol. The molecule has 1 rings (SSSR count). The molecule has 0 saturated heterocycles. The topological polar surface area (TPSA) is 24.7 Å². The molecule has 0 aliphatic heterocycles. The number of hydrogen-bond donors (Lipinski definition) is 0. The zero-order valence-electron chi connectivity index (χ0n) is 8.12. The van der Waals surface area contributed by atoms with Crippen LogP contribution in [-0.2, 0) is 0 Å². The van der Waals surface area contributed by atoms with Crippen molar-refractivity contribution in [2.45, 2.75) is 19.9 Å². The van der Waals surface area contributed by atoms with E-state index in [2.05, 4.69) is 23.4 Å². The molecular formula is C11H14N2. The van der Waals surface area contributed by atoms with E-state index in [1.165, 1.54) is 0 Å². The van der Waals surface area contributed by atoms with Gasteiger partial charge < -0.3 is 0 Å². The third-order valence-corrected chi connectivity index (χ3v) is 2.15. The van der Waals surface area contributed by atoms with E-state index in [1.807, 2.05) is 32.0 Å². The van der Waals surface area contributed by atoms with E-state index in [4.69, 9.17) is 0 Å². The number of hydrogen-bond acceptors (Lipinski definition) is 2. The normalized spacial score (nSPS) is 12.2. The molecule has 0 radical (unpaired) electrons. The van der Waals surface area contributed by atoms with Crippen molar-refractivity contribution in [3.05, 3.63) is 29.3 Å². The van der Waals surface area contributed by atoms with Gasteiger partial charge in [0.25, 0.3) is 0 Å². The standard InChI is InChI=1S/C11H14N2/c1-8-6-5-7-10(9(2)12-3)11(8)13-4/h5-7,9H,3-4H2,1-2H3. The summed E-state index contributed by atoms with van der Waals surface area (Å²) in [5, 5.41) is 0. The lowest BCUT2D eigenvalue weighted by molar-refractivity contribution is 0.828. The molecule has 0 bridgehead atoms. The van der Waals surface area contributed by atoms with E-state index in [0.717, 1.165) is 16.8 Å². The Balaban J connectivity index is 3.27. The predicted molar refractivity (Wildman–Crippen MR) is 58.4 cm³/mol. The highest BCUT2D eigenvalue weighted by Crippen LogP contribution is 2.29. The Morgan fingerprint density at radius 1 is 1.31 bits per heavy atom. The molecule has 1 aromatic carbocycles. The molecule has 0 aliphatic carbocycles. The quantitative estimate of drug-likeness (QED) is 0.629. The van der Waals surface area contributed by atoms with Crippen molar-refractivity contribution >= 4 is 19.1 Å². The first kappa shape index (κ1) is 9.65. The first-order valence-corrected chi connectivity index (χ1v) is 4.22. The van der Waals surface area contributed by atoms with Gasteiger partial charge in [-0.15, -0.1) is 0 Å². The molecule has 0 spiro atoms.